The van der Waals surface area contributed by atoms with Crippen molar-refractivity contribution >= 4 is 0 Å². The molecule has 1 heterocycles. The van der Waals surface area contributed by atoms with Crippen LogP contribution in [0.4, 0.5) is 0 Å². The van der Waals surface area contributed by atoms with Crippen LogP contribution in [0.5, 0.6) is 0 Å². The summed E-state index contributed by atoms with van der Waals surface area (Å²) in [5.41, 5.74) is 0. The lowest BCUT2D eigenvalue weighted by Crippen LogP contribution is -1.99. The largest absolute Gasteiger partial charge is 0.381 e. The van der Waals surface area contributed by atoms with Gasteiger partial charge in [0, 0.05) is 25.8 Å². The lowest BCUT2D eigenvalue weighted by atomic mass is 10.3. The van der Waals surface area contributed by atoms with Crippen LogP contribution in [0, 0.1) is 6.92 Å². The summed E-state index contributed by atoms with van der Waals surface area (Å²) < 4.78 is 5.03. The monoisotopic (exact) mass is 114 g/mol. The average Bonchev–Trinajstić information content (AvgIpc) is 2.51. The molecule has 8 heavy (non-hydrogen) atoms. The minimum absolute atomic E-state index is 0.604. The van der Waals surface area contributed by atoms with E-state index >= 15 is 0 Å². The maximum Gasteiger partial charge on any atom is 0.0481 e. The second kappa shape index (κ2) is 3.05. The molecule has 0 aliphatic carbocycles. The molecule has 0 amide bonds. The highest BCUT2D eigenvalue weighted by molar-refractivity contribution is 4.82. The van der Waals surface area contributed by atoms with Crippen molar-refractivity contribution in [2.45, 2.75) is 12.5 Å². The highest BCUT2D eigenvalue weighted by Gasteiger charge is 2.18. The molecule has 0 saturated carbocycles. The maximum atomic E-state index is 5.03. The fourth-order valence-corrected chi connectivity index (χ4v) is 0.615. The summed E-state index contributed by atoms with van der Waals surface area (Å²) in [4.78, 5) is 0. The average molecular weight is 114 g/mol. The van der Waals surface area contributed by atoms with Gasteiger partial charge in [0.15, 0.2) is 0 Å². The summed E-state index contributed by atoms with van der Waals surface area (Å²) >= 11 is 0. The van der Waals surface area contributed by atoms with Crippen molar-refractivity contribution in [2.24, 2.45) is 0 Å². The third-order valence-corrected chi connectivity index (χ3v) is 1.25. The molecule has 1 rings (SSSR count). The molecule has 0 spiro atoms. The Bertz CT molecular complexity index is 61.5. The molecule has 2 nitrogen and oxygen atoms in total. The Hall–Kier alpha value is -0.0800. The molecular weight excluding hydrogens is 102 g/mol. The van der Waals surface area contributed by atoms with E-state index in [1.54, 1.807) is 0 Å². The summed E-state index contributed by atoms with van der Waals surface area (Å²) in [6.07, 6.45) is 1.15. The fourth-order valence-electron chi connectivity index (χ4n) is 0.615. The maximum absolute atomic E-state index is 5.03. The molecule has 1 fully saturated rings. The summed E-state index contributed by atoms with van der Waals surface area (Å²) in [6.45, 7) is 6.21. The van der Waals surface area contributed by atoms with E-state index in [1.807, 2.05) is 0 Å². The van der Waals surface area contributed by atoms with Crippen LogP contribution in [0.2, 0.25) is 0 Å². The van der Waals surface area contributed by atoms with E-state index in [-0.39, 0.29) is 0 Å². The van der Waals surface area contributed by atoms with Crippen LogP contribution in [0.15, 0.2) is 0 Å². The van der Waals surface area contributed by atoms with Crippen LogP contribution in [0.25, 0.3) is 0 Å². The van der Waals surface area contributed by atoms with Gasteiger partial charge in [-0.25, -0.2) is 0 Å². The van der Waals surface area contributed by atoms with Crippen molar-refractivity contribution in [1.82, 2.24) is 5.32 Å². The molecule has 2 heteroatoms. The Morgan fingerprint density at radius 3 is 3.00 bits per heavy atom. The zero-order chi connectivity index (χ0) is 5.82. The Kier molecular flexibility index (Phi) is 2.30. The van der Waals surface area contributed by atoms with E-state index in [0.29, 0.717) is 6.61 Å². The first-order valence-corrected chi connectivity index (χ1v) is 3.04. The lowest BCUT2D eigenvalue weighted by Gasteiger charge is -1.95. The molecule has 1 aliphatic rings. The van der Waals surface area contributed by atoms with Crippen molar-refractivity contribution in [3.63, 3.8) is 0 Å². The molecule has 1 radical (unpaired) electrons. The predicted molar refractivity (Wildman–Crippen MR) is 32.6 cm³/mol. The Morgan fingerprint density at radius 2 is 2.50 bits per heavy atom. The van der Waals surface area contributed by atoms with Gasteiger partial charge in [-0.05, 0) is 13.3 Å². The topological polar surface area (TPSA) is 31.2 Å². The smallest absolute Gasteiger partial charge is 0.0481 e. The van der Waals surface area contributed by atoms with Crippen molar-refractivity contribution in [1.29, 1.82) is 0 Å². The van der Waals surface area contributed by atoms with Gasteiger partial charge in [-0.1, -0.05) is 0 Å². The Balaban J connectivity index is 1.74. The minimum atomic E-state index is 0.604. The summed E-state index contributed by atoms with van der Waals surface area (Å²) in [5, 5.41) is 3.19. The van der Waals surface area contributed by atoms with Crippen molar-refractivity contribution in [3.8, 4) is 0 Å². The van der Waals surface area contributed by atoms with Gasteiger partial charge < -0.3 is 10.1 Å². The van der Waals surface area contributed by atoms with Crippen molar-refractivity contribution in [3.05, 3.63) is 6.92 Å². The Labute approximate surface area is 50.2 Å². The number of nitrogens with one attached hydrogen (secondary N) is 1. The van der Waals surface area contributed by atoms with Crippen LogP contribution in [-0.2, 0) is 4.74 Å². The van der Waals surface area contributed by atoms with E-state index in [1.165, 1.54) is 6.54 Å². The van der Waals surface area contributed by atoms with Crippen LogP contribution < -0.4 is 5.32 Å². The molecule has 1 unspecified atom stereocenters. The van der Waals surface area contributed by atoms with E-state index in [2.05, 4.69) is 12.2 Å². The van der Waals surface area contributed by atoms with Crippen LogP contribution in [-0.4, -0.2) is 25.8 Å². The summed E-state index contributed by atoms with van der Waals surface area (Å²) in [7, 11) is 0. The molecule has 1 aliphatic heterocycles. The van der Waals surface area contributed by atoms with Gasteiger partial charge in [-0.15, -0.1) is 0 Å². The number of hydrogen-bond acceptors (Lipinski definition) is 2. The van der Waals surface area contributed by atoms with E-state index < -0.39 is 0 Å². The van der Waals surface area contributed by atoms with Crippen molar-refractivity contribution < 1.29 is 4.74 Å². The van der Waals surface area contributed by atoms with Crippen LogP contribution >= 0.6 is 0 Å². The predicted octanol–water partition coefficient (Wildman–Crippen LogP) is 0.199. The van der Waals surface area contributed by atoms with Crippen LogP contribution in [0.1, 0.15) is 6.42 Å². The third kappa shape index (κ3) is 2.28. The standard InChI is InChI=1S/C6H12NO/c1-2-8-4-3-6-5-7-6/h6-7H,1-5H2. The number of ether oxygens (including phenoxy) is 1. The fraction of sp³-hybridized carbons (Fsp3) is 0.833. The van der Waals surface area contributed by atoms with Gasteiger partial charge in [-0.3, -0.25) is 0 Å². The number of hydrogen-bond donors (Lipinski definition) is 1. The first kappa shape index (κ1) is 6.05. The van der Waals surface area contributed by atoms with Gasteiger partial charge >= 0.3 is 0 Å². The number of rotatable bonds is 4. The molecule has 1 atom stereocenters. The summed E-state index contributed by atoms with van der Waals surface area (Å²) in [5.74, 6) is 0. The molecule has 47 valence electrons. The van der Waals surface area contributed by atoms with Gasteiger partial charge in [-0.2, -0.15) is 0 Å². The van der Waals surface area contributed by atoms with Crippen molar-refractivity contribution in [2.75, 3.05) is 19.8 Å². The second-order valence-electron chi connectivity index (χ2n) is 2.01. The van der Waals surface area contributed by atoms with Gasteiger partial charge in [0.1, 0.15) is 0 Å². The zero-order valence-electron chi connectivity index (χ0n) is 5.02. The van der Waals surface area contributed by atoms with Gasteiger partial charge in [0.25, 0.3) is 0 Å². The molecule has 0 aromatic carbocycles. The van der Waals surface area contributed by atoms with E-state index in [4.69, 9.17) is 4.74 Å². The quantitative estimate of drug-likeness (QED) is 0.418. The second-order valence-corrected chi connectivity index (χ2v) is 2.01. The molecule has 1 saturated heterocycles. The van der Waals surface area contributed by atoms with E-state index in [0.717, 1.165) is 19.1 Å². The van der Waals surface area contributed by atoms with Crippen LogP contribution in [0.3, 0.4) is 0 Å². The van der Waals surface area contributed by atoms with Gasteiger partial charge in [0.2, 0.25) is 0 Å². The molecule has 0 aromatic heterocycles. The molecule has 0 aromatic rings. The molecular formula is C6H12NO. The SMILES string of the molecule is [CH2]COCCC1CN1. The molecule has 0 bridgehead atoms. The first-order chi connectivity index (χ1) is 3.93. The minimum Gasteiger partial charge on any atom is -0.381 e. The normalized spacial score (nSPS) is 25.9. The third-order valence-electron chi connectivity index (χ3n) is 1.25. The first-order valence-electron chi connectivity index (χ1n) is 3.04. The van der Waals surface area contributed by atoms with Gasteiger partial charge in [0.05, 0.1) is 0 Å². The van der Waals surface area contributed by atoms with E-state index in [9.17, 15) is 0 Å². The zero-order valence-corrected chi connectivity index (χ0v) is 5.02. The Morgan fingerprint density at radius 1 is 1.75 bits per heavy atom. The molecule has 1 N–H and O–H groups in total. The highest BCUT2D eigenvalue weighted by atomic mass is 16.5. The highest BCUT2D eigenvalue weighted by Crippen LogP contribution is 2.01. The summed E-state index contributed by atoms with van der Waals surface area (Å²) in [6, 6.07) is 0.751. The lowest BCUT2D eigenvalue weighted by molar-refractivity contribution is 0.158.